The first kappa shape index (κ1) is 41.2. The minimum absolute atomic E-state index is 0.0280. The zero-order chi connectivity index (χ0) is 39.7. The number of amides is 6. The fraction of sp³-hybridized carbons (Fsp3) is 0.289. The molecule has 6 amide bonds. The molecule has 0 saturated heterocycles. The van der Waals surface area contributed by atoms with E-state index in [1.165, 1.54) is 31.6 Å². The largest absolute Gasteiger partial charge is 0.508 e. The number of hydrogen-bond acceptors (Lipinski definition) is 10. The molecule has 17 nitrogen and oxygen atoms in total. The number of carbonyl (C=O) groups excluding carboxylic acids is 6. The standard InChI is InChI=1S/C38H46N10O7/c1-23(44-35(52)29(39)16-26-12-14-28(49)15-13-26)34(51)42-21-33(50)45-31(17-24-8-4-2-5-9-24)37(54)47-48-38(55)32(18-25-10-6-3-7-11-25)46-36(53)30(40)19-27-20-41-22-43-27/h2-15,20,22-23,29-32,49H,16-19,21,39-40H2,1H3,(H,41,43)(H,42,51)(H,44,52)(H,45,50)(H,46,53)(H,47,54)(H,48,55)/t23-,29+,30?,31+,32-/m1/s1. The van der Waals surface area contributed by atoms with Crippen LogP contribution in [-0.2, 0) is 54.5 Å². The van der Waals surface area contributed by atoms with E-state index in [2.05, 4.69) is 42.1 Å². The quantitative estimate of drug-likeness (QED) is 0.0541. The van der Waals surface area contributed by atoms with E-state index in [0.29, 0.717) is 16.8 Å². The molecule has 0 fully saturated rings. The molecule has 0 bridgehead atoms. The molecular formula is C38H46N10O7. The molecule has 55 heavy (non-hydrogen) atoms. The number of aromatic nitrogens is 2. The van der Waals surface area contributed by atoms with Crippen LogP contribution in [0.1, 0.15) is 29.3 Å². The first-order valence-corrected chi connectivity index (χ1v) is 17.5. The molecule has 17 heteroatoms. The molecule has 4 aromatic rings. The van der Waals surface area contributed by atoms with Gasteiger partial charge >= 0.3 is 0 Å². The second-order valence-electron chi connectivity index (χ2n) is 12.9. The van der Waals surface area contributed by atoms with E-state index in [4.69, 9.17) is 11.5 Å². The minimum atomic E-state index is -1.20. The van der Waals surface area contributed by atoms with Crippen molar-refractivity contribution in [1.29, 1.82) is 0 Å². The van der Waals surface area contributed by atoms with Crippen LogP contribution in [-0.4, -0.2) is 87.3 Å². The smallest absolute Gasteiger partial charge is 0.261 e. The Morgan fingerprint density at radius 3 is 1.69 bits per heavy atom. The summed E-state index contributed by atoms with van der Waals surface area (Å²) < 4.78 is 0. The molecule has 4 rings (SSSR count). The number of aromatic amines is 1. The Bertz CT molecular complexity index is 1880. The summed E-state index contributed by atoms with van der Waals surface area (Å²) in [6.45, 7) is 0.890. The van der Waals surface area contributed by atoms with Gasteiger partial charge in [0, 0.05) is 31.2 Å². The predicted octanol–water partition coefficient (Wildman–Crippen LogP) is -1.22. The average Bonchev–Trinajstić information content (AvgIpc) is 3.70. The van der Waals surface area contributed by atoms with Crippen LogP contribution >= 0.6 is 0 Å². The van der Waals surface area contributed by atoms with Crippen molar-refractivity contribution in [2.75, 3.05) is 6.54 Å². The summed E-state index contributed by atoms with van der Waals surface area (Å²) >= 11 is 0. The minimum Gasteiger partial charge on any atom is -0.508 e. The Balaban J connectivity index is 1.33. The highest BCUT2D eigenvalue weighted by Gasteiger charge is 2.28. The average molecular weight is 755 g/mol. The maximum atomic E-state index is 13.4. The van der Waals surface area contributed by atoms with E-state index in [-0.39, 0.29) is 31.4 Å². The third-order valence-electron chi connectivity index (χ3n) is 8.39. The third kappa shape index (κ3) is 13.7. The van der Waals surface area contributed by atoms with Crippen LogP contribution in [0.15, 0.2) is 97.5 Å². The zero-order valence-electron chi connectivity index (χ0n) is 30.2. The van der Waals surface area contributed by atoms with Gasteiger partial charge in [0.2, 0.25) is 23.6 Å². The summed E-state index contributed by atoms with van der Waals surface area (Å²) in [5.41, 5.74) is 19.6. The second-order valence-corrected chi connectivity index (χ2v) is 12.9. The molecule has 290 valence electrons. The topological polar surface area (TPSA) is 276 Å². The Kier molecular flexibility index (Phi) is 15.4. The molecule has 0 aliphatic rings. The Morgan fingerprint density at radius 1 is 0.636 bits per heavy atom. The number of benzene rings is 3. The lowest BCUT2D eigenvalue weighted by Gasteiger charge is -2.23. The van der Waals surface area contributed by atoms with Crippen molar-refractivity contribution in [3.63, 3.8) is 0 Å². The Hall–Kier alpha value is -6.59. The highest BCUT2D eigenvalue weighted by atomic mass is 16.3. The normalized spacial score (nSPS) is 13.5. The lowest BCUT2D eigenvalue weighted by molar-refractivity contribution is -0.134. The van der Waals surface area contributed by atoms with Gasteiger partial charge in [-0.15, -0.1) is 0 Å². The van der Waals surface area contributed by atoms with Gasteiger partial charge in [-0.2, -0.15) is 0 Å². The molecule has 0 aliphatic heterocycles. The number of carbonyl (C=O) groups is 6. The molecular weight excluding hydrogens is 708 g/mol. The van der Waals surface area contributed by atoms with Gasteiger partial charge < -0.3 is 42.8 Å². The number of H-pyrrole nitrogens is 1. The lowest BCUT2D eigenvalue weighted by Crippen LogP contribution is -2.59. The Morgan fingerprint density at radius 2 is 1.15 bits per heavy atom. The molecule has 1 unspecified atom stereocenters. The predicted molar refractivity (Wildman–Crippen MR) is 201 cm³/mol. The summed E-state index contributed by atoms with van der Waals surface area (Å²) in [5, 5.41) is 19.6. The molecule has 5 atom stereocenters. The van der Waals surface area contributed by atoms with Crippen LogP contribution in [0, 0.1) is 0 Å². The summed E-state index contributed by atoms with van der Waals surface area (Å²) in [6, 6.07) is 18.6. The van der Waals surface area contributed by atoms with E-state index in [0.717, 1.165) is 5.56 Å². The molecule has 12 N–H and O–H groups in total. The molecule has 0 aliphatic carbocycles. The van der Waals surface area contributed by atoms with Gasteiger partial charge in [-0.1, -0.05) is 72.8 Å². The van der Waals surface area contributed by atoms with Crippen LogP contribution < -0.4 is 43.6 Å². The van der Waals surface area contributed by atoms with E-state index >= 15 is 0 Å². The number of aromatic hydroxyl groups is 1. The van der Waals surface area contributed by atoms with Gasteiger partial charge in [0.25, 0.3) is 11.8 Å². The van der Waals surface area contributed by atoms with E-state index < -0.39 is 72.2 Å². The fourth-order valence-electron chi connectivity index (χ4n) is 5.35. The summed E-state index contributed by atoms with van der Waals surface area (Å²) in [5.74, 6) is -4.03. The van der Waals surface area contributed by atoms with Crippen molar-refractivity contribution < 1.29 is 33.9 Å². The van der Waals surface area contributed by atoms with Gasteiger partial charge in [0.1, 0.15) is 23.9 Å². The third-order valence-corrected chi connectivity index (χ3v) is 8.39. The van der Waals surface area contributed by atoms with E-state index in [9.17, 15) is 33.9 Å². The Labute approximate surface area is 317 Å². The van der Waals surface area contributed by atoms with Gasteiger partial charge in [0.05, 0.1) is 25.0 Å². The molecule has 1 heterocycles. The maximum Gasteiger partial charge on any atom is 0.261 e. The number of hydrogen-bond donors (Lipinski definition) is 10. The van der Waals surface area contributed by atoms with Crippen molar-refractivity contribution in [3.05, 3.63) is 120 Å². The highest BCUT2D eigenvalue weighted by molar-refractivity contribution is 5.94. The first-order valence-electron chi connectivity index (χ1n) is 17.5. The summed E-state index contributed by atoms with van der Waals surface area (Å²) in [6.07, 6.45) is 3.42. The zero-order valence-corrected chi connectivity index (χ0v) is 30.2. The number of phenolic OH excluding ortho intramolecular Hbond substituents is 1. The molecule has 3 aromatic carbocycles. The van der Waals surface area contributed by atoms with Crippen LogP contribution in [0.3, 0.4) is 0 Å². The van der Waals surface area contributed by atoms with Crippen molar-refractivity contribution in [2.45, 2.75) is 62.8 Å². The van der Waals surface area contributed by atoms with Crippen molar-refractivity contribution in [2.24, 2.45) is 11.5 Å². The number of nitrogens with zero attached hydrogens (tertiary/aromatic N) is 1. The number of nitrogens with one attached hydrogen (secondary N) is 7. The number of imidazole rings is 1. The van der Waals surface area contributed by atoms with Crippen LogP contribution in [0.4, 0.5) is 0 Å². The van der Waals surface area contributed by atoms with Crippen molar-refractivity contribution >= 4 is 35.4 Å². The van der Waals surface area contributed by atoms with E-state index in [1.807, 2.05) is 0 Å². The highest BCUT2D eigenvalue weighted by Crippen LogP contribution is 2.11. The SMILES string of the molecule is C[C@@H](NC(=O)[C@@H](N)Cc1ccc(O)cc1)C(=O)NCC(=O)N[C@@H](Cc1ccccc1)C(=O)NNC(=O)[C@@H](Cc1ccccc1)NC(=O)C(N)Cc1cnc[nH]1. The van der Waals surface area contributed by atoms with Crippen LogP contribution in [0.2, 0.25) is 0 Å². The van der Waals surface area contributed by atoms with Crippen LogP contribution in [0.25, 0.3) is 0 Å². The monoisotopic (exact) mass is 754 g/mol. The number of phenols is 1. The molecule has 0 spiro atoms. The fourth-order valence-corrected chi connectivity index (χ4v) is 5.35. The first-order chi connectivity index (χ1) is 26.4. The molecule has 0 saturated carbocycles. The molecule has 1 aromatic heterocycles. The second kappa shape index (κ2) is 20.6. The van der Waals surface area contributed by atoms with Gasteiger partial charge in [-0.3, -0.25) is 39.6 Å². The van der Waals surface area contributed by atoms with Crippen molar-refractivity contribution in [1.82, 2.24) is 42.1 Å². The van der Waals surface area contributed by atoms with Gasteiger partial charge in [-0.25, -0.2) is 4.98 Å². The summed E-state index contributed by atoms with van der Waals surface area (Å²) in [4.78, 5) is 85.0. The lowest BCUT2D eigenvalue weighted by atomic mass is 10.0. The van der Waals surface area contributed by atoms with Crippen molar-refractivity contribution in [3.8, 4) is 5.75 Å². The van der Waals surface area contributed by atoms with Gasteiger partial charge in [-0.05, 0) is 42.2 Å². The molecule has 0 radical (unpaired) electrons. The number of hydrazine groups is 1. The van der Waals surface area contributed by atoms with Crippen LogP contribution in [0.5, 0.6) is 5.75 Å². The van der Waals surface area contributed by atoms with E-state index in [1.54, 1.807) is 72.8 Å². The number of nitrogens with two attached hydrogens (primary N) is 2. The summed E-state index contributed by atoms with van der Waals surface area (Å²) in [7, 11) is 0. The van der Waals surface area contributed by atoms with Gasteiger partial charge in [0.15, 0.2) is 0 Å². The number of rotatable bonds is 18. The maximum absolute atomic E-state index is 13.4.